The van der Waals surface area contributed by atoms with Crippen LogP contribution in [0.3, 0.4) is 0 Å². The Bertz CT molecular complexity index is 663. The molecule has 25 heavy (non-hydrogen) atoms. The number of fused-ring (bicyclic) bond motifs is 1. The van der Waals surface area contributed by atoms with E-state index in [2.05, 4.69) is 10.2 Å². The number of piperidine rings is 2. The lowest BCUT2D eigenvalue weighted by Gasteiger charge is -2.39. The van der Waals surface area contributed by atoms with E-state index < -0.39 is 17.4 Å². The molecule has 0 amide bonds. The van der Waals surface area contributed by atoms with E-state index in [-0.39, 0.29) is 5.75 Å². The molecule has 1 aromatic carbocycles. The molecule has 6 heteroatoms. The molecule has 3 atom stereocenters. The van der Waals surface area contributed by atoms with Crippen molar-refractivity contribution in [3.05, 3.63) is 29.6 Å². The first kappa shape index (κ1) is 16.8. The van der Waals surface area contributed by atoms with Crippen LogP contribution in [0.2, 0.25) is 0 Å². The van der Waals surface area contributed by atoms with Crippen LogP contribution in [0.25, 0.3) is 0 Å². The van der Waals surface area contributed by atoms with Gasteiger partial charge in [-0.05, 0) is 55.5 Å². The SMILES string of the molecule is Cc1ccc(F)c(OC2(C(=O)O)CCN(CC3[C@H]4CNC[C@@H]34)CC2)c1. The van der Waals surface area contributed by atoms with Crippen molar-refractivity contribution in [2.45, 2.75) is 25.4 Å². The smallest absolute Gasteiger partial charge is 0.348 e. The summed E-state index contributed by atoms with van der Waals surface area (Å²) in [7, 11) is 0. The lowest BCUT2D eigenvalue weighted by molar-refractivity contribution is -0.160. The molecule has 5 nitrogen and oxygen atoms in total. The van der Waals surface area contributed by atoms with Crippen LogP contribution < -0.4 is 10.1 Å². The molecule has 0 radical (unpaired) electrons. The standard InChI is InChI=1S/C19H25FN2O3/c1-12-2-3-16(20)17(8-12)25-19(18(23)24)4-6-22(7-5-19)11-15-13-9-21-10-14(13)15/h2-3,8,13-15,21H,4-7,9-11H2,1H3,(H,23,24)/t13-,14+,15?. The normalized spacial score (nSPS) is 30.7. The Kier molecular flexibility index (Phi) is 4.20. The predicted molar refractivity (Wildman–Crippen MR) is 91.1 cm³/mol. The molecular formula is C19H25FN2O3. The summed E-state index contributed by atoms with van der Waals surface area (Å²) in [6, 6.07) is 4.56. The quantitative estimate of drug-likeness (QED) is 0.851. The fourth-order valence-corrected chi connectivity index (χ4v) is 4.47. The summed E-state index contributed by atoms with van der Waals surface area (Å²) >= 11 is 0. The number of carbonyl (C=O) groups is 1. The lowest BCUT2D eigenvalue weighted by atomic mass is 9.90. The number of nitrogens with one attached hydrogen (secondary N) is 1. The molecule has 0 bridgehead atoms. The van der Waals surface area contributed by atoms with Crippen molar-refractivity contribution >= 4 is 5.97 Å². The molecular weight excluding hydrogens is 323 g/mol. The number of hydrogen-bond donors (Lipinski definition) is 2. The predicted octanol–water partition coefficient (Wildman–Crippen LogP) is 1.90. The van der Waals surface area contributed by atoms with Crippen molar-refractivity contribution in [1.29, 1.82) is 0 Å². The molecule has 136 valence electrons. The molecule has 2 N–H and O–H groups in total. The summed E-state index contributed by atoms with van der Waals surface area (Å²) in [4.78, 5) is 14.3. The van der Waals surface area contributed by atoms with Crippen molar-refractivity contribution in [3.8, 4) is 5.75 Å². The number of ether oxygens (including phenoxy) is 1. The first-order chi connectivity index (χ1) is 12.0. The molecule has 0 aromatic heterocycles. The first-order valence-electron chi connectivity index (χ1n) is 9.10. The number of rotatable bonds is 5. The van der Waals surface area contributed by atoms with Crippen LogP contribution >= 0.6 is 0 Å². The van der Waals surface area contributed by atoms with E-state index in [1.165, 1.54) is 6.07 Å². The highest BCUT2D eigenvalue weighted by atomic mass is 19.1. The van der Waals surface area contributed by atoms with E-state index in [0.717, 1.165) is 43.0 Å². The number of nitrogens with zero attached hydrogens (tertiary/aromatic N) is 1. The molecule has 1 unspecified atom stereocenters. The van der Waals surface area contributed by atoms with E-state index in [9.17, 15) is 14.3 Å². The van der Waals surface area contributed by atoms with Crippen LogP contribution in [0.1, 0.15) is 18.4 Å². The fourth-order valence-electron chi connectivity index (χ4n) is 4.47. The van der Waals surface area contributed by atoms with Crippen LogP contribution in [0, 0.1) is 30.5 Å². The number of likely N-dealkylation sites (tertiary alicyclic amines) is 1. The van der Waals surface area contributed by atoms with E-state index in [1.54, 1.807) is 12.1 Å². The summed E-state index contributed by atoms with van der Waals surface area (Å²) in [6.45, 7) is 6.50. The molecule has 2 saturated heterocycles. The minimum atomic E-state index is -1.33. The summed E-state index contributed by atoms with van der Waals surface area (Å²) in [6.07, 6.45) is 0.770. The van der Waals surface area contributed by atoms with Gasteiger partial charge in [-0.1, -0.05) is 6.07 Å². The van der Waals surface area contributed by atoms with Gasteiger partial charge in [0.2, 0.25) is 5.60 Å². The zero-order valence-electron chi connectivity index (χ0n) is 14.5. The monoisotopic (exact) mass is 348 g/mol. The van der Waals surface area contributed by atoms with Crippen molar-refractivity contribution in [2.75, 3.05) is 32.7 Å². The van der Waals surface area contributed by atoms with Gasteiger partial charge < -0.3 is 20.1 Å². The van der Waals surface area contributed by atoms with Gasteiger partial charge in [-0.3, -0.25) is 0 Å². The van der Waals surface area contributed by atoms with E-state index >= 15 is 0 Å². The van der Waals surface area contributed by atoms with Gasteiger partial charge in [-0.15, -0.1) is 0 Å². The van der Waals surface area contributed by atoms with Gasteiger partial charge in [0.15, 0.2) is 11.6 Å². The van der Waals surface area contributed by atoms with Gasteiger partial charge >= 0.3 is 5.97 Å². The van der Waals surface area contributed by atoms with Crippen LogP contribution in [-0.4, -0.2) is 54.3 Å². The summed E-state index contributed by atoms with van der Waals surface area (Å²) in [5.74, 6) is 0.910. The van der Waals surface area contributed by atoms with Crippen LogP contribution in [-0.2, 0) is 4.79 Å². The summed E-state index contributed by atoms with van der Waals surface area (Å²) < 4.78 is 19.8. The molecule has 4 rings (SSSR count). The first-order valence-corrected chi connectivity index (χ1v) is 9.10. The Morgan fingerprint density at radius 2 is 2.04 bits per heavy atom. The highest BCUT2D eigenvalue weighted by molar-refractivity contribution is 5.78. The Balaban J connectivity index is 1.40. The largest absolute Gasteiger partial charge is 0.478 e. The Hall–Kier alpha value is -1.66. The van der Waals surface area contributed by atoms with Gasteiger partial charge in [0, 0.05) is 32.5 Å². The molecule has 2 aliphatic heterocycles. The Labute approximate surface area is 147 Å². The van der Waals surface area contributed by atoms with Crippen molar-refractivity contribution in [2.24, 2.45) is 17.8 Å². The highest BCUT2D eigenvalue weighted by Gasteiger charge is 2.53. The van der Waals surface area contributed by atoms with Gasteiger partial charge in [0.05, 0.1) is 0 Å². The van der Waals surface area contributed by atoms with Gasteiger partial charge in [0.25, 0.3) is 0 Å². The number of aliphatic carboxylic acids is 1. The minimum absolute atomic E-state index is 0.0404. The maximum atomic E-state index is 14.0. The zero-order chi connectivity index (χ0) is 17.6. The molecule has 1 aliphatic carbocycles. The third-order valence-electron chi connectivity index (χ3n) is 6.18. The Morgan fingerprint density at radius 1 is 1.36 bits per heavy atom. The van der Waals surface area contributed by atoms with Crippen molar-refractivity contribution in [3.63, 3.8) is 0 Å². The maximum absolute atomic E-state index is 14.0. The molecule has 0 spiro atoms. The van der Waals surface area contributed by atoms with E-state index in [0.29, 0.717) is 25.9 Å². The van der Waals surface area contributed by atoms with Gasteiger partial charge in [0.1, 0.15) is 0 Å². The zero-order valence-corrected chi connectivity index (χ0v) is 14.5. The second-order valence-corrected chi connectivity index (χ2v) is 7.79. The number of benzene rings is 1. The van der Waals surface area contributed by atoms with E-state index in [4.69, 9.17) is 4.74 Å². The second-order valence-electron chi connectivity index (χ2n) is 7.79. The third kappa shape index (κ3) is 3.13. The lowest BCUT2D eigenvalue weighted by Crippen LogP contribution is -2.53. The number of halogens is 1. The highest BCUT2D eigenvalue weighted by Crippen LogP contribution is 2.49. The van der Waals surface area contributed by atoms with Gasteiger partial charge in [-0.25, -0.2) is 9.18 Å². The average Bonchev–Trinajstić information content (AvgIpc) is 3.01. The number of carboxylic acids is 1. The van der Waals surface area contributed by atoms with Crippen LogP contribution in [0.4, 0.5) is 4.39 Å². The summed E-state index contributed by atoms with van der Waals surface area (Å²) in [5, 5.41) is 13.2. The Morgan fingerprint density at radius 3 is 2.68 bits per heavy atom. The van der Waals surface area contributed by atoms with Crippen molar-refractivity contribution < 1.29 is 19.0 Å². The van der Waals surface area contributed by atoms with Crippen LogP contribution in [0.5, 0.6) is 5.75 Å². The van der Waals surface area contributed by atoms with E-state index in [1.807, 2.05) is 6.92 Å². The summed E-state index contributed by atoms with van der Waals surface area (Å²) in [5.41, 5.74) is -0.477. The van der Waals surface area contributed by atoms with Crippen LogP contribution in [0.15, 0.2) is 18.2 Å². The maximum Gasteiger partial charge on any atom is 0.348 e. The number of aryl methyl sites for hydroxylation is 1. The molecule has 1 saturated carbocycles. The van der Waals surface area contributed by atoms with Gasteiger partial charge in [-0.2, -0.15) is 0 Å². The number of carboxylic acid groups (broad SMARTS) is 1. The molecule has 3 fully saturated rings. The number of hydrogen-bond acceptors (Lipinski definition) is 4. The topological polar surface area (TPSA) is 61.8 Å². The minimum Gasteiger partial charge on any atom is -0.478 e. The molecule has 1 aromatic rings. The molecule has 3 aliphatic rings. The second kappa shape index (κ2) is 6.25. The fraction of sp³-hybridized carbons (Fsp3) is 0.632. The van der Waals surface area contributed by atoms with Crippen molar-refractivity contribution in [1.82, 2.24) is 10.2 Å². The average molecular weight is 348 g/mol. The third-order valence-corrected chi connectivity index (χ3v) is 6.18. The molecule has 2 heterocycles.